The number of nitrogens with zero attached hydrogens (tertiary/aromatic N) is 2. The predicted molar refractivity (Wildman–Crippen MR) is 104 cm³/mol. The zero-order chi connectivity index (χ0) is 18.5. The fourth-order valence-corrected chi connectivity index (χ4v) is 3.36. The number of rotatable bonds is 5. The molecule has 0 bridgehead atoms. The van der Waals surface area contributed by atoms with Gasteiger partial charge in [0.25, 0.3) is 5.91 Å². The van der Waals surface area contributed by atoms with Gasteiger partial charge in [-0.3, -0.25) is 9.78 Å². The van der Waals surface area contributed by atoms with Gasteiger partial charge in [0.2, 0.25) is 0 Å². The summed E-state index contributed by atoms with van der Waals surface area (Å²) in [6, 6.07) is 17.6. The Kier molecular flexibility index (Phi) is 5.19. The van der Waals surface area contributed by atoms with Crippen LogP contribution in [0.15, 0.2) is 67.0 Å². The van der Waals surface area contributed by atoms with E-state index in [0.717, 1.165) is 35.9 Å². The fourth-order valence-electron chi connectivity index (χ4n) is 3.36. The normalized spacial score (nSPS) is 16.9. The predicted octanol–water partition coefficient (Wildman–Crippen LogP) is 3.68. The molecule has 0 aliphatic carbocycles. The molecule has 1 amide bonds. The van der Waals surface area contributed by atoms with Gasteiger partial charge in [0.05, 0.1) is 6.54 Å². The number of fused-ring (bicyclic) bond motifs is 1. The second kappa shape index (κ2) is 8.08. The van der Waals surface area contributed by atoms with Gasteiger partial charge in [-0.15, -0.1) is 0 Å². The van der Waals surface area contributed by atoms with E-state index in [1.807, 2.05) is 53.4 Å². The third kappa shape index (κ3) is 4.37. The molecule has 0 unspecified atom stereocenters. The van der Waals surface area contributed by atoms with Crippen LogP contribution in [-0.4, -0.2) is 41.6 Å². The monoisotopic (exact) mass is 362 g/mol. The van der Waals surface area contributed by atoms with Crippen LogP contribution in [0.1, 0.15) is 12.8 Å². The maximum Gasteiger partial charge on any atom is 0.260 e. The van der Waals surface area contributed by atoms with Crippen molar-refractivity contribution >= 4 is 16.7 Å². The molecular formula is C22H22N2O3. The highest BCUT2D eigenvalue weighted by molar-refractivity contribution is 5.84. The summed E-state index contributed by atoms with van der Waals surface area (Å²) in [5.41, 5.74) is 0. The first-order valence-corrected chi connectivity index (χ1v) is 9.24. The summed E-state index contributed by atoms with van der Waals surface area (Å²) in [6.07, 6.45) is 5.29. The van der Waals surface area contributed by atoms with Gasteiger partial charge in [-0.1, -0.05) is 30.3 Å². The van der Waals surface area contributed by atoms with Crippen LogP contribution in [0, 0.1) is 0 Å². The van der Waals surface area contributed by atoms with Gasteiger partial charge in [0.1, 0.15) is 17.6 Å². The maximum atomic E-state index is 12.6. The highest BCUT2D eigenvalue weighted by atomic mass is 16.5. The number of hydrogen-bond acceptors (Lipinski definition) is 4. The van der Waals surface area contributed by atoms with Crippen molar-refractivity contribution < 1.29 is 14.3 Å². The molecule has 1 aliphatic heterocycles. The first kappa shape index (κ1) is 17.3. The van der Waals surface area contributed by atoms with Crippen LogP contribution in [-0.2, 0) is 4.79 Å². The molecule has 1 aromatic heterocycles. The van der Waals surface area contributed by atoms with Crippen molar-refractivity contribution in [2.75, 3.05) is 19.7 Å². The Morgan fingerprint density at radius 2 is 1.85 bits per heavy atom. The third-order valence-electron chi connectivity index (χ3n) is 4.77. The Bertz CT molecular complexity index is 914. The standard InChI is InChI=1S/C22H22N2O3/c25-22(16-26-20-8-7-17-4-1-2-5-18(17)14-20)24-13-3-6-21(15-24)27-19-9-11-23-12-10-19/h1-2,4-5,7-12,14,21H,3,6,13,15-16H2/t21-/m1/s1. The van der Waals surface area contributed by atoms with Gasteiger partial charge in [0, 0.05) is 18.9 Å². The minimum atomic E-state index is -0.00816. The highest BCUT2D eigenvalue weighted by Gasteiger charge is 2.25. The first-order chi connectivity index (χ1) is 13.3. The van der Waals surface area contributed by atoms with Crippen LogP contribution >= 0.6 is 0 Å². The number of pyridine rings is 1. The number of aromatic nitrogens is 1. The summed E-state index contributed by atoms with van der Waals surface area (Å²) in [5, 5.41) is 2.26. The van der Waals surface area contributed by atoms with Crippen LogP contribution in [0.4, 0.5) is 0 Å². The number of amides is 1. The van der Waals surface area contributed by atoms with Crippen LogP contribution in [0.5, 0.6) is 11.5 Å². The number of carbonyl (C=O) groups is 1. The van der Waals surface area contributed by atoms with Gasteiger partial charge < -0.3 is 14.4 Å². The minimum Gasteiger partial charge on any atom is -0.488 e. The van der Waals surface area contributed by atoms with E-state index in [1.165, 1.54) is 0 Å². The molecule has 3 aromatic rings. The number of likely N-dealkylation sites (tertiary alicyclic amines) is 1. The number of carbonyl (C=O) groups excluding carboxylic acids is 1. The topological polar surface area (TPSA) is 51.7 Å². The van der Waals surface area contributed by atoms with Crippen molar-refractivity contribution in [3.8, 4) is 11.5 Å². The molecule has 1 saturated heterocycles. The highest BCUT2D eigenvalue weighted by Crippen LogP contribution is 2.21. The summed E-state index contributed by atoms with van der Waals surface area (Å²) in [6.45, 7) is 1.37. The molecule has 2 aromatic carbocycles. The SMILES string of the molecule is O=C(COc1ccc2ccccc2c1)N1CCC[C@@H](Oc2ccncc2)C1. The molecule has 5 heteroatoms. The molecule has 4 rings (SSSR count). The molecule has 1 fully saturated rings. The van der Waals surface area contributed by atoms with Crippen molar-refractivity contribution in [1.82, 2.24) is 9.88 Å². The van der Waals surface area contributed by atoms with Gasteiger partial charge >= 0.3 is 0 Å². The molecule has 138 valence electrons. The Labute approximate surface area is 158 Å². The van der Waals surface area contributed by atoms with Crippen LogP contribution in [0.3, 0.4) is 0 Å². The average molecular weight is 362 g/mol. The second-order valence-corrected chi connectivity index (χ2v) is 6.70. The lowest BCUT2D eigenvalue weighted by atomic mass is 10.1. The Balaban J connectivity index is 1.33. The molecular weight excluding hydrogens is 340 g/mol. The number of ether oxygens (including phenoxy) is 2. The van der Waals surface area contributed by atoms with Crippen molar-refractivity contribution in [1.29, 1.82) is 0 Å². The van der Waals surface area contributed by atoms with Crippen molar-refractivity contribution in [3.63, 3.8) is 0 Å². The van der Waals surface area contributed by atoms with E-state index in [9.17, 15) is 4.79 Å². The average Bonchev–Trinajstić information content (AvgIpc) is 2.73. The molecule has 1 aliphatic rings. The van der Waals surface area contributed by atoms with Crippen LogP contribution < -0.4 is 9.47 Å². The van der Waals surface area contributed by atoms with Gasteiger partial charge in [-0.05, 0) is 47.9 Å². The van der Waals surface area contributed by atoms with Gasteiger partial charge in [-0.25, -0.2) is 0 Å². The lowest BCUT2D eigenvalue weighted by Crippen LogP contribution is -2.46. The lowest BCUT2D eigenvalue weighted by Gasteiger charge is -2.32. The van der Waals surface area contributed by atoms with E-state index in [-0.39, 0.29) is 18.6 Å². The van der Waals surface area contributed by atoms with E-state index in [1.54, 1.807) is 12.4 Å². The zero-order valence-corrected chi connectivity index (χ0v) is 15.1. The van der Waals surface area contributed by atoms with Crippen molar-refractivity contribution in [3.05, 3.63) is 67.0 Å². The van der Waals surface area contributed by atoms with E-state index in [4.69, 9.17) is 9.47 Å². The maximum absolute atomic E-state index is 12.6. The summed E-state index contributed by atoms with van der Waals surface area (Å²) < 4.78 is 11.7. The van der Waals surface area contributed by atoms with E-state index in [2.05, 4.69) is 11.1 Å². The quantitative estimate of drug-likeness (QED) is 0.695. The summed E-state index contributed by atoms with van der Waals surface area (Å²) in [5.74, 6) is 1.49. The minimum absolute atomic E-state index is 0.00534. The molecule has 0 N–H and O–H groups in total. The number of hydrogen-bond donors (Lipinski definition) is 0. The van der Waals surface area contributed by atoms with E-state index in [0.29, 0.717) is 12.3 Å². The lowest BCUT2D eigenvalue weighted by molar-refractivity contribution is -0.136. The number of piperidine rings is 1. The van der Waals surface area contributed by atoms with Crippen molar-refractivity contribution in [2.45, 2.75) is 18.9 Å². The molecule has 27 heavy (non-hydrogen) atoms. The van der Waals surface area contributed by atoms with Crippen molar-refractivity contribution in [2.24, 2.45) is 0 Å². The molecule has 5 nitrogen and oxygen atoms in total. The molecule has 2 heterocycles. The van der Waals surface area contributed by atoms with Gasteiger partial charge in [0.15, 0.2) is 6.61 Å². The Hall–Kier alpha value is -3.08. The van der Waals surface area contributed by atoms with E-state index < -0.39 is 0 Å². The van der Waals surface area contributed by atoms with Crippen LogP contribution in [0.2, 0.25) is 0 Å². The molecule has 0 saturated carbocycles. The number of benzene rings is 2. The largest absolute Gasteiger partial charge is 0.488 e. The molecule has 0 radical (unpaired) electrons. The smallest absolute Gasteiger partial charge is 0.260 e. The second-order valence-electron chi connectivity index (χ2n) is 6.70. The molecule has 1 atom stereocenters. The Morgan fingerprint density at radius 1 is 1.04 bits per heavy atom. The summed E-state index contributed by atoms with van der Waals surface area (Å²) in [4.78, 5) is 18.4. The summed E-state index contributed by atoms with van der Waals surface area (Å²) in [7, 11) is 0. The zero-order valence-electron chi connectivity index (χ0n) is 15.1. The van der Waals surface area contributed by atoms with E-state index >= 15 is 0 Å². The van der Waals surface area contributed by atoms with Gasteiger partial charge in [-0.2, -0.15) is 0 Å². The Morgan fingerprint density at radius 3 is 2.70 bits per heavy atom. The first-order valence-electron chi connectivity index (χ1n) is 9.24. The third-order valence-corrected chi connectivity index (χ3v) is 4.77. The van der Waals surface area contributed by atoms with Crippen LogP contribution in [0.25, 0.3) is 10.8 Å². The molecule has 0 spiro atoms. The summed E-state index contributed by atoms with van der Waals surface area (Å²) >= 11 is 0. The fraction of sp³-hybridized carbons (Fsp3) is 0.273.